The molecule has 0 aliphatic carbocycles. The van der Waals surface area contributed by atoms with E-state index in [9.17, 15) is 14.4 Å². The highest BCUT2D eigenvalue weighted by molar-refractivity contribution is 5.76. The van der Waals surface area contributed by atoms with Crippen LogP contribution in [0.25, 0.3) is 0 Å². The van der Waals surface area contributed by atoms with E-state index in [0.29, 0.717) is 17.1 Å². The van der Waals surface area contributed by atoms with Gasteiger partial charge in [-0.05, 0) is 32.9 Å². The second kappa shape index (κ2) is 10.6. The zero-order chi connectivity index (χ0) is 23.0. The molecule has 0 aliphatic heterocycles. The van der Waals surface area contributed by atoms with Crippen molar-refractivity contribution in [2.24, 2.45) is 0 Å². The van der Waals surface area contributed by atoms with E-state index in [0.717, 1.165) is 10.7 Å². The summed E-state index contributed by atoms with van der Waals surface area (Å²) < 4.78 is 6.07. The maximum atomic E-state index is 12.8. The van der Waals surface area contributed by atoms with Crippen LogP contribution in [0, 0.1) is 26.2 Å². The van der Waals surface area contributed by atoms with Crippen LogP contribution in [0.1, 0.15) is 24.0 Å². The van der Waals surface area contributed by atoms with Gasteiger partial charge in [0.25, 0.3) is 5.56 Å². The van der Waals surface area contributed by atoms with E-state index in [-0.39, 0.29) is 32.1 Å². The molecule has 164 valence electrons. The summed E-state index contributed by atoms with van der Waals surface area (Å²) in [6, 6.07) is 3.49. The van der Waals surface area contributed by atoms with Crippen LogP contribution in [0.5, 0.6) is 0 Å². The first-order chi connectivity index (χ1) is 14.8. The molecule has 0 spiro atoms. The SMILES string of the molecule is C#CCOC(=O)N(CC)Nc1ncc(C)n(CC(=O)NCc2nc(C)ccc2N)c1=O. The molecule has 0 saturated heterocycles. The summed E-state index contributed by atoms with van der Waals surface area (Å²) in [4.78, 5) is 45.5. The van der Waals surface area contributed by atoms with E-state index < -0.39 is 17.6 Å². The summed E-state index contributed by atoms with van der Waals surface area (Å²) in [6.45, 7) is 5.00. The predicted molar refractivity (Wildman–Crippen MR) is 115 cm³/mol. The fourth-order valence-electron chi connectivity index (χ4n) is 2.55. The molecule has 11 nitrogen and oxygen atoms in total. The fourth-order valence-corrected chi connectivity index (χ4v) is 2.55. The third-order valence-electron chi connectivity index (χ3n) is 4.21. The van der Waals surface area contributed by atoms with Gasteiger partial charge in [-0.2, -0.15) is 0 Å². The van der Waals surface area contributed by atoms with E-state index in [1.54, 1.807) is 26.0 Å². The van der Waals surface area contributed by atoms with Crippen molar-refractivity contribution >= 4 is 23.5 Å². The van der Waals surface area contributed by atoms with Crippen LogP contribution in [0.15, 0.2) is 23.1 Å². The number of rotatable bonds is 8. The Labute approximate surface area is 179 Å². The predicted octanol–water partition coefficient (Wildman–Crippen LogP) is 0.572. The Bertz CT molecular complexity index is 1060. The number of nitrogens with two attached hydrogens (primary N) is 1. The minimum atomic E-state index is -0.755. The van der Waals surface area contributed by atoms with Crippen molar-refractivity contribution in [1.82, 2.24) is 24.9 Å². The topological polar surface area (TPSA) is 144 Å². The number of carbonyl (C=O) groups is 2. The summed E-state index contributed by atoms with van der Waals surface area (Å²) in [5.74, 6) is 1.64. The number of aryl methyl sites for hydroxylation is 2. The van der Waals surface area contributed by atoms with Crippen LogP contribution in [0.4, 0.5) is 16.3 Å². The highest BCUT2D eigenvalue weighted by atomic mass is 16.6. The first-order valence-corrected chi connectivity index (χ1v) is 9.46. The van der Waals surface area contributed by atoms with Crippen molar-refractivity contribution in [3.8, 4) is 12.3 Å². The average Bonchev–Trinajstić information content (AvgIpc) is 2.75. The van der Waals surface area contributed by atoms with Crippen LogP contribution in [-0.2, 0) is 22.6 Å². The smallest absolute Gasteiger partial charge is 0.429 e. The van der Waals surface area contributed by atoms with Gasteiger partial charge >= 0.3 is 6.09 Å². The summed E-state index contributed by atoms with van der Waals surface area (Å²) in [7, 11) is 0. The van der Waals surface area contributed by atoms with Crippen molar-refractivity contribution in [2.75, 3.05) is 24.3 Å². The van der Waals surface area contributed by atoms with E-state index in [1.165, 1.54) is 10.8 Å². The number of amides is 2. The number of anilines is 2. The zero-order valence-corrected chi connectivity index (χ0v) is 17.6. The van der Waals surface area contributed by atoms with Gasteiger partial charge in [0.05, 0.1) is 17.9 Å². The second-order valence-corrected chi connectivity index (χ2v) is 6.52. The molecule has 31 heavy (non-hydrogen) atoms. The van der Waals surface area contributed by atoms with Crippen LogP contribution in [-0.4, -0.2) is 44.7 Å². The Hall–Kier alpha value is -4.07. The Kier molecular flexibility index (Phi) is 7.96. The Balaban J connectivity index is 2.12. The van der Waals surface area contributed by atoms with Crippen LogP contribution in [0.3, 0.4) is 0 Å². The van der Waals surface area contributed by atoms with Crippen molar-refractivity contribution < 1.29 is 14.3 Å². The lowest BCUT2D eigenvalue weighted by atomic mass is 10.2. The third-order valence-corrected chi connectivity index (χ3v) is 4.21. The Morgan fingerprint density at radius 3 is 2.77 bits per heavy atom. The molecule has 2 heterocycles. The quantitative estimate of drug-likeness (QED) is 0.410. The van der Waals surface area contributed by atoms with Crippen molar-refractivity contribution in [1.29, 1.82) is 0 Å². The zero-order valence-electron chi connectivity index (χ0n) is 17.6. The van der Waals surface area contributed by atoms with Gasteiger partial charge in [-0.15, -0.1) is 6.42 Å². The summed E-state index contributed by atoms with van der Waals surface area (Å²) >= 11 is 0. The first-order valence-electron chi connectivity index (χ1n) is 9.46. The van der Waals surface area contributed by atoms with Crippen LogP contribution >= 0.6 is 0 Å². The number of nitrogens with one attached hydrogen (secondary N) is 2. The number of hydrazine groups is 1. The van der Waals surface area contributed by atoms with Crippen LogP contribution < -0.4 is 22.0 Å². The monoisotopic (exact) mass is 427 g/mol. The molecule has 2 aromatic heterocycles. The fraction of sp³-hybridized carbons (Fsp3) is 0.350. The standard InChI is InChI=1S/C20H25N7O4/c1-5-9-31-20(30)27(6-2)25-18-19(29)26(14(4)10-23-18)12-17(28)22-11-16-15(21)8-7-13(3)24-16/h1,7-8,10H,6,9,11-12,21H2,2-4H3,(H,22,28)(H,23,25). The number of terminal acetylenes is 1. The molecule has 2 rings (SSSR count). The van der Waals surface area contributed by atoms with Gasteiger partial charge in [-0.3, -0.25) is 24.6 Å². The summed E-state index contributed by atoms with van der Waals surface area (Å²) in [6.07, 6.45) is 5.73. The maximum absolute atomic E-state index is 12.8. The first kappa shape index (κ1) is 23.2. The number of aromatic nitrogens is 3. The van der Waals surface area contributed by atoms with Crippen LogP contribution in [0.2, 0.25) is 0 Å². The molecule has 2 aromatic rings. The Morgan fingerprint density at radius 2 is 2.10 bits per heavy atom. The molecule has 0 aliphatic rings. The van der Waals surface area contributed by atoms with Gasteiger partial charge < -0.3 is 15.8 Å². The van der Waals surface area contributed by atoms with Gasteiger partial charge in [0.15, 0.2) is 6.61 Å². The molecule has 0 fully saturated rings. The van der Waals surface area contributed by atoms with Crippen molar-refractivity contribution in [3.05, 3.63) is 45.8 Å². The minimum Gasteiger partial charge on any atom is -0.435 e. The van der Waals surface area contributed by atoms with Gasteiger partial charge in [-0.1, -0.05) is 5.92 Å². The highest BCUT2D eigenvalue weighted by Gasteiger charge is 2.17. The number of nitrogen functional groups attached to an aromatic ring is 1. The number of carbonyl (C=O) groups excluding carboxylic acids is 2. The molecule has 0 saturated carbocycles. The molecule has 0 unspecified atom stereocenters. The van der Waals surface area contributed by atoms with Crippen molar-refractivity contribution in [3.63, 3.8) is 0 Å². The molecular formula is C20H25N7O4. The molecule has 0 atom stereocenters. The molecule has 4 N–H and O–H groups in total. The van der Waals surface area contributed by atoms with Gasteiger partial charge in [-0.25, -0.2) is 14.8 Å². The largest absolute Gasteiger partial charge is 0.435 e. The van der Waals surface area contributed by atoms with Gasteiger partial charge in [0.2, 0.25) is 11.7 Å². The van der Waals surface area contributed by atoms with E-state index in [1.807, 2.05) is 6.92 Å². The lowest BCUT2D eigenvalue weighted by molar-refractivity contribution is -0.121. The maximum Gasteiger partial charge on any atom is 0.429 e. The average molecular weight is 427 g/mol. The Morgan fingerprint density at radius 1 is 1.35 bits per heavy atom. The lowest BCUT2D eigenvalue weighted by Gasteiger charge is -2.21. The number of hydrogen-bond acceptors (Lipinski definition) is 8. The van der Waals surface area contributed by atoms with Gasteiger partial charge in [0.1, 0.15) is 6.54 Å². The number of hydrogen-bond donors (Lipinski definition) is 3. The van der Waals surface area contributed by atoms with E-state index in [2.05, 4.69) is 26.6 Å². The van der Waals surface area contributed by atoms with Crippen molar-refractivity contribution in [2.45, 2.75) is 33.9 Å². The molecular weight excluding hydrogens is 402 g/mol. The van der Waals surface area contributed by atoms with Gasteiger partial charge in [0, 0.05) is 24.1 Å². The number of pyridine rings is 1. The molecule has 0 aromatic carbocycles. The number of ether oxygens (including phenoxy) is 1. The molecule has 11 heteroatoms. The molecule has 0 radical (unpaired) electrons. The second-order valence-electron chi connectivity index (χ2n) is 6.52. The molecule has 2 amide bonds. The van der Waals surface area contributed by atoms with E-state index in [4.69, 9.17) is 16.9 Å². The lowest BCUT2D eigenvalue weighted by Crippen LogP contribution is -2.41. The highest BCUT2D eigenvalue weighted by Crippen LogP contribution is 2.09. The molecule has 0 bridgehead atoms. The number of nitrogens with zero attached hydrogens (tertiary/aromatic N) is 4. The summed E-state index contributed by atoms with van der Waals surface area (Å²) in [5, 5.41) is 3.75. The minimum absolute atomic E-state index is 0.126. The normalized spacial score (nSPS) is 10.1. The summed E-state index contributed by atoms with van der Waals surface area (Å²) in [5.41, 5.74) is 10.1. The third kappa shape index (κ3) is 6.20. The van der Waals surface area contributed by atoms with E-state index >= 15 is 0 Å².